The van der Waals surface area contributed by atoms with Crippen molar-refractivity contribution in [2.24, 2.45) is 11.8 Å². The summed E-state index contributed by atoms with van der Waals surface area (Å²) >= 11 is 0. The van der Waals surface area contributed by atoms with Crippen LogP contribution >= 0.6 is 0 Å². The van der Waals surface area contributed by atoms with E-state index in [0.29, 0.717) is 12.8 Å². The molecule has 5 rings (SSSR count). The second-order valence-corrected chi connectivity index (χ2v) is 13.9. The number of benzene rings is 2. The van der Waals surface area contributed by atoms with Crippen LogP contribution in [0, 0.1) is 11.8 Å². The van der Waals surface area contributed by atoms with Crippen molar-refractivity contribution >= 4 is 18.2 Å². The number of amides is 2. The van der Waals surface area contributed by atoms with Gasteiger partial charge in [0.2, 0.25) is 5.92 Å². The van der Waals surface area contributed by atoms with Crippen LogP contribution in [0.2, 0.25) is 0 Å². The second-order valence-electron chi connectivity index (χ2n) is 13.9. The zero-order valence-electron chi connectivity index (χ0n) is 26.6. The highest BCUT2D eigenvalue weighted by Gasteiger charge is 2.52. The Balaban J connectivity index is 1.37. The Bertz CT molecular complexity index is 1360. The van der Waals surface area contributed by atoms with Crippen LogP contribution in [-0.4, -0.2) is 76.4 Å². The fraction of sp³-hybridized carbons (Fsp3) is 0.571. The molecule has 2 aromatic rings. The van der Waals surface area contributed by atoms with Crippen LogP contribution < -0.4 is 0 Å². The number of carbonyl (C=O) groups is 3. The van der Waals surface area contributed by atoms with Crippen molar-refractivity contribution in [1.82, 2.24) is 9.80 Å². The fourth-order valence-corrected chi connectivity index (χ4v) is 7.13. The third-order valence-electron chi connectivity index (χ3n) is 9.77. The molecule has 2 fully saturated rings. The second kappa shape index (κ2) is 12.6. The van der Waals surface area contributed by atoms with Crippen molar-refractivity contribution < 1.29 is 37.7 Å². The van der Waals surface area contributed by atoms with E-state index in [-0.39, 0.29) is 63.8 Å². The average molecular weight is 627 g/mol. The molecule has 1 aliphatic heterocycles. The molecule has 0 bridgehead atoms. The maximum atomic E-state index is 14.1. The Morgan fingerprint density at radius 3 is 1.96 bits per heavy atom. The number of rotatable bonds is 7. The summed E-state index contributed by atoms with van der Waals surface area (Å²) in [7, 11) is 0. The van der Waals surface area contributed by atoms with Crippen LogP contribution in [0.1, 0.15) is 83.3 Å². The van der Waals surface area contributed by atoms with Gasteiger partial charge in [-0.1, -0.05) is 48.5 Å². The molecule has 1 saturated carbocycles. The molecule has 244 valence electrons. The predicted molar refractivity (Wildman–Crippen MR) is 165 cm³/mol. The van der Waals surface area contributed by atoms with E-state index in [4.69, 9.17) is 9.47 Å². The number of ether oxygens (including phenoxy) is 2. The molecule has 3 aliphatic rings. The Kier molecular flexibility index (Phi) is 9.16. The van der Waals surface area contributed by atoms with Gasteiger partial charge in [-0.25, -0.2) is 23.2 Å². The minimum Gasteiger partial charge on any atom is -0.479 e. The summed E-state index contributed by atoms with van der Waals surface area (Å²) < 4.78 is 39.5. The van der Waals surface area contributed by atoms with E-state index in [1.165, 1.54) is 11.8 Å². The molecule has 1 N–H and O–H groups in total. The van der Waals surface area contributed by atoms with Crippen LogP contribution in [-0.2, 0) is 14.3 Å². The van der Waals surface area contributed by atoms with Crippen molar-refractivity contribution in [2.75, 3.05) is 26.2 Å². The predicted octanol–water partition coefficient (Wildman–Crippen LogP) is 7.55. The van der Waals surface area contributed by atoms with Crippen molar-refractivity contribution in [1.29, 1.82) is 0 Å². The standard InChI is InChI=1S/C35H44F2N2O6/c1-33(2,3)45-31(42)38-19-15-24(16-20-38)34(4,30(40)41)39(21-23-13-17-35(36,37)18-14-23)32(43)44-22-29-27-11-7-5-9-25(27)26-10-6-8-12-28(26)29/h5-12,23-24,29H,13-22H2,1-4H3,(H,40,41). The first-order valence-electron chi connectivity index (χ1n) is 15.9. The molecular weight excluding hydrogens is 582 g/mol. The van der Waals surface area contributed by atoms with Gasteiger partial charge < -0.3 is 19.5 Å². The monoisotopic (exact) mass is 626 g/mol. The minimum atomic E-state index is -2.75. The molecule has 0 spiro atoms. The Labute approximate surface area is 263 Å². The van der Waals surface area contributed by atoms with Crippen molar-refractivity contribution in [3.05, 3.63) is 59.7 Å². The van der Waals surface area contributed by atoms with Crippen LogP contribution in [0.25, 0.3) is 11.1 Å². The maximum Gasteiger partial charge on any atom is 0.410 e. The summed E-state index contributed by atoms with van der Waals surface area (Å²) in [6.45, 7) is 7.45. The van der Waals surface area contributed by atoms with Gasteiger partial charge in [-0.2, -0.15) is 0 Å². The number of likely N-dealkylation sites (tertiary alicyclic amines) is 1. The third-order valence-corrected chi connectivity index (χ3v) is 9.77. The molecule has 2 aromatic carbocycles. The lowest BCUT2D eigenvalue weighted by Gasteiger charge is -2.47. The number of carboxylic acids is 1. The number of alkyl halides is 2. The first-order valence-corrected chi connectivity index (χ1v) is 15.9. The third kappa shape index (κ3) is 6.94. The van der Waals surface area contributed by atoms with Gasteiger partial charge in [0.1, 0.15) is 17.7 Å². The number of carbonyl (C=O) groups excluding carboxylic acids is 2. The SMILES string of the molecule is CC(C)(C)OC(=O)N1CCC(C(C)(C(=O)O)N(CC2CCC(F)(F)CC2)C(=O)OCC2c3ccccc3-c3ccccc32)CC1. The molecular formula is C35H44F2N2O6. The highest BCUT2D eigenvalue weighted by molar-refractivity contribution is 5.85. The highest BCUT2D eigenvalue weighted by Crippen LogP contribution is 2.45. The van der Waals surface area contributed by atoms with Gasteiger partial charge in [-0.05, 0) is 87.5 Å². The van der Waals surface area contributed by atoms with Gasteiger partial charge in [-0.3, -0.25) is 4.90 Å². The van der Waals surface area contributed by atoms with Gasteiger partial charge in [0.05, 0.1) is 0 Å². The molecule has 1 atom stereocenters. The van der Waals surface area contributed by atoms with Crippen LogP contribution in [0.3, 0.4) is 0 Å². The molecule has 1 saturated heterocycles. The summed E-state index contributed by atoms with van der Waals surface area (Å²) in [5.74, 6) is -4.95. The molecule has 45 heavy (non-hydrogen) atoms. The van der Waals surface area contributed by atoms with Gasteiger partial charge in [-0.15, -0.1) is 0 Å². The number of hydrogen-bond donors (Lipinski definition) is 1. The minimum absolute atomic E-state index is 0.00182. The number of carboxylic acid groups (broad SMARTS) is 1. The van der Waals surface area contributed by atoms with Crippen molar-refractivity contribution in [3.63, 3.8) is 0 Å². The van der Waals surface area contributed by atoms with E-state index < -0.39 is 41.1 Å². The van der Waals surface area contributed by atoms with Gasteiger partial charge in [0.25, 0.3) is 0 Å². The first kappa shape index (κ1) is 32.7. The molecule has 2 amide bonds. The lowest BCUT2D eigenvalue weighted by atomic mass is 9.76. The number of aliphatic carboxylic acids is 1. The van der Waals surface area contributed by atoms with Crippen LogP contribution in [0.5, 0.6) is 0 Å². The zero-order valence-corrected chi connectivity index (χ0v) is 26.6. The van der Waals surface area contributed by atoms with Gasteiger partial charge in [0.15, 0.2) is 0 Å². The lowest BCUT2D eigenvalue weighted by Crippen LogP contribution is -2.62. The summed E-state index contributed by atoms with van der Waals surface area (Å²) in [5, 5.41) is 10.7. The number of fused-ring (bicyclic) bond motifs is 3. The Morgan fingerprint density at radius 1 is 0.911 bits per heavy atom. The molecule has 8 nitrogen and oxygen atoms in total. The fourth-order valence-electron chi connectivity index (χ4n) is 7.13. The van der Waals surface area contributed by atoms with E-state index in [1.807, 2.05) is 48.5 Å². The molecule has 0 aromatic heterocycles. The topological polar surface area (TPSA) is 96.4 Å². The van der Waals surface area contributed by atoms with E-state index >= 15 is 0 Å². The average Bonchev–Trinajstić information content (AvgIpc) is 3.31. The Morgan fingerprint density at radius 2 is 1.44 bits per heavy atom. The summed E-state index contributed by atoms with van der Waals surface area (Å²) in [4.78, 5) is 42.7. The number of halogens is 2. The van der Waals surface area contributed by atoms with Crippen LogP contribution in [0.4, 0.5) is 18.4 Å². The molecule has 2 aliphatic carbocycles. The maximum absolute atomic E-state index is 14.1. The highest BCUT2D eigenvalue weighted by atomic mass is 19.3. The van der Waals surface area contributed by atoms with Gasteiger partial charge in [0, 0.05) is 38.4 Å². The molecule has 0 radical (unpaired) electrons. The summed E-state index contributed by atoms with van der Waals surface area (Å²) in [5.41, 5.74) is 1.86. The van der Waals surface area contributed by atoms with Crippen LogP contribution in [0.15, 0.2) is 48.5 Å². The largest absolute Gasteiger partial charge is 0.479 e. The quantitative estimate of drug-likeness (QED) is 0.341. The molecule has 10 heteroatoms. The molecule has 1 heterocycles. The number of hydrogen-bond acceptors (Lipinski definition) is 5. The van der Waals surface area contributed by atoms with Crippen molar-refractivity contribution in [2.45, 2.75) is 89.2 Å². The number of piperidine rings is 1. The lowest BCUT2D eigenvalue weighted by molar-refractivity contribution is -0.155. The summed E-state index contributed by atoms with van der Waals surface area (Å²) in [6, 6.07) is 15.9. The van der Waals surface area contributed by atoms with E-state index in [1.54, 1.807) is 25.7 Å². The normalized spacial score (nSPS) is 20.1. The summed E-state index contributed by atoms with van der Waals surface area (Å²) in [6.07, 6.45) is -0.790. The van der Waals surface area contributed by atoms with Crippen molar-refractivity contribution in [3.8, 4) is 11.1 Å². The van der Waals surface area contributed by atoms with E-state index in [9.17, 15) is 28.3 Å². The first-order chi connectivity index (χ1) is 21.2. The number of nitrogens with zero attached hydrogens (tertiary/aromatic N) is 2. The van der Waals surface area contributed by atoms with E-state index in [2.05, 4.69) is 0 Å². The zero-order chi connectivity index (χ0) is 32.6. The van der Waals surface area contributed by atoms with Gasteiger partial charge >= 0.3 is 18.2 Å². The smallest absolute Gasteiger partial charge is 0.410 e. The Hall–Kier alpha value is -3.69. The molecule has 1 unspecified atom stereocenters. The van der Waals surface area contributed by atoms with E-state index in [0.717, 1.165) is 22.3 Å².